The van der Waals surface area contributed by atoms with E-state index in [-0.39, 0.29) is 16.6 Å². The molecule has 3 nitrogen and oxygen atoms in total. The summed E-state index contributed by atoms with van der Waals surface area (Å²) in [5, 5.41) is 3.77. The second kappa shape index (κ2) is 8.00. The molecule has 2 saturated heterocycles. The molecule has 1 N–H and O–H groups in total. The zero-order chi connectivity index (χ0) is 18.7. The molecule has 146 valence electrons. The van der Waals surface area contributed by atoms with Crippen molar-refractivity contribution in [3.8, 4) is 0 Å². The molecular weight excluding hydrogens is 322 g/mol. The summed E-state index contributed by atoms with van der Waals surface area (Å²) in [5.74, 6) is 0.734. The van der Waals surface area contributed by atoms with E-state index in [9.17, 15) is 0 Å². The van der Waals surface area contributed by atoms with E-state index in [4.69, 9.17) is 9.47 Å². The molecule has 2 aliphatic heterocycles. The Morgan fingerprint density at radius 1 is 1.00 bits per heavy atom. The quantitative estimate of drug-likeness (QED) is 0.747. The first-order valence-electron chi connectivity index (χ1n) is 10.3. The minimum Gasteiger partial charge on any atom is -0.376 e. The van der Waals surface area contributed by atoms with Crippen LogP contribution in [0.25, 0.3) is 0 Å². The third kappa shape index (κ3) is 5.09. The second-order valence-electron chi connectivity index (χ2n) is 9.60. The number of ether oxygens (including phenoxy) is 2. The number of benzene rings is 1. The first-order valence-corrected chi connectivity index (χ1v) is 10.3. The van der Waals surface area contributed by atoms with Crippen LogP contribution in [0.1, 0.15) is 65.4 Å². The summed E-state index contributed by atoms with van der Waals surface area (Å²) in [6.45, 7) is 12.8. The molecule has 3 rings (SSSR count). The molecule has 0 aromatic heterocycles. The first-order chi connectivity index (χ1) is 12.3. The van der Waals surface area contributed by atoms with E-state index in [2.05, 4.69) is 63.3 Å². The van der Waals surface area contributed by atoms with Crippen LogP contribution >= 0.6 is 0 Å². The molecule has 0 spiro atoms. The van der Waals surface area contributed by atoms with Gasteiger partial charge in [-0.15, -0.1) is 0 Å². The molecule has 0 radical (unpaired) electrons. The Hall–Kier alpha value is -0.900. The summed E-state index contributed by atoms with van der Waals surface area (Å²) in [5.41, 5.74) is 1.70. The van der Waals surface area contributed by atoms with Gasteiger partial charge in [0.1, 0.15) is 0 Å². The summed E-state index contributed by atoms with van der Waals surface area (Å²) < 4.78 is 11.9. The lowest BCUT2D eigenvalue weighted by atomic mass is 9.67. The smallest absolute Gasteiger partial charge is 0.0635 e. The summed E-state index contributed by atoms with van der Waals surface area (Å²) in [6.07, 6.45) is 5.73. The van der Waals surface area contributed by atoms with Crippen LogP contribution in [-0.4, -0.2) is 37.5 Å². The second-order valence-corrected chi connectivity index (χ2v) is 9.60. The van der Waals surface area contributed by atoms with Gasteiger partial charge in [-0.05, 0) is 84.4 Å². The third-order valence-electron chi connectivity index (χ3n) is 6.24. The molecule has 0 aliphatic carbocycles. The minimum absolute atomic E-state index is 0.0423. The lowest BCUT2D eigenvalue weighted by Crippen LogP contribution is -2.45. The summed E-state index contributed by atoms with van der Waals surface area (Å²) in [7, 11) is 0. The van der Waals surface area contributed by atoms with Crippen LogP contribution in [0.15, 0.2) is 30.3 Å². The van der Waals surface area contributed by atoms with Crippen LogP contribution in [0.5, 0.6) is 0 Å². The molecule has 1 aromatic carbocycles. The van der Waals surface area contributed by atoms with E-state index in [1.54, 1.807) is 0 Å². The Bertz CT molecular complexity index is 569. The van der Waals surface area contributed by atoms with E-state index in [0.29, 0.717) is 0 Å². The zero-order valence-corrected chi connectivity index (χ0v) is 17.1. The predicted octanol–water partition coefficient (Wildman–Crippen LogP) is 4.70. The molecule has 3 heteroatoms. The molecule has 2 heterocycles. The molecule has 2 atom stereocenters. The van der Waals surface area contributed by atoms with Crippen LogP contribution in [0.4, 0.5) is 0 Å². The van der Waals surface area contributed by atoms with Gasteiger partial charge in [-0.2, -0.15) is 0 Å². The normalized spacial score (nSPS) is 30.8. The van der Waals surface area contributed by atoms with Crippen LogP contribution in [0, 0.1) is 5.92 Å². The molecule has 0 bridgehead atoms. The SMILES string of the molecule is CC1(C)C[C@@H](CNCC[C@@]2(c3ccccc3)CCOC(C)(C)C2)CCO1. The summed E-state index contributed by atoms with van der Waals surface area (Å²) in [4.78, 5) is 0. The monoisotopic (exact) mass is 359 g/mol. The van der Waals surface area contributed by atoms with Crippen LogP contribution in [0.3, 0.4) is 0 Å². The average molecular weight is 360 g/mol. The fourth-order valence-corrected chi connectivity index (χ4v) is 5.04. The van der Waals surface area contributed by atoms with E-state index in [1.807, 2.05) is 0 Å². The van der Waals surface area contributed by atoms with Gasteiger partial charge < -0.3 is 14.8 Å². The van der Waals surface area contributed by atoms with E-state index < -0.39 is 0 Å². The molecule has 2 aliphatic rings. The van der Waals surface area contributed by atoms with Crippen molar-refractivity contribution in [1.82, 2.24) is 5.32 Å². The molecule has 0 saturated carbocycles. The van der Waals surface area contributed by atoms with Crippen molar-refractivity contribution < 1.29 is 9.47 Å². The molecule has 0 unspecified atom stereocenters. The highest BCUT2D eigenvalue weighted by Crippen LogP contribution is 2.43. The van der Waals surface area contributed by atoms with E-state index in [1.165, 1.54) is 18.4 Å². The molecular formula is C23H37NO2. The highest BCUT2D eigenvalue weighted by atomic mass is 16.5. The van der Waals surface area contributed by atoms with Crippen molar-refractivity contribution in [3.63, 3.8) is 0 Å². The number of rotatable bonds is 6. The standard InChI is InChI=1S/C23H37NO2/c1-21(2)16-19(10-14-25-21)17-24-13-11-23(20-8-6-5-7-9-20)12-15-26-22(3,4)18-23/h5-9,19,24H,10-18H2,1-4H3/t19-,23+/m0/s1. The number of hydrogen-bond donors (Lipinski definition) is 1. The van der Waals surface area contributed by atoms with Gasteiger partial charge in [0.05, 0.1) is 11.2 Å². The largest absolute Gasteiger partial charge is 0.376 e. The third-order valence-corrected chi connectivity index (χ3v) is 6.24. The first kappa shape index (κ1) is 19.9. The van der Waals surface area contributed by atoms with Gasteiger partial charge in [-0.3, -0.25) is 0 Å². The van der Waals surface area contributed by atoms with Crippen LogP contribution in [-0.2, 0) is 14.9 Å². The Labute approximate surface area is 159 Å². The maximum Gasteiger partial charge on any atom is 0.0635 e. The fraction of sp³-hybridized carbons (Fsp3) is 0.739. The van der Waals surface area contributed by atoms with Crippen molar-refractivity contribution in [2.24, 2.45) is 5.92 Å². The molecule has 0 amide bonds. The Morgan fingerprint density at radius 3 is 2.42 bits per heavy atom. The van der Waals surface area contributed by atoms with Gasteiger partial charge in [-0.1, -0.05) is 30.3 Å². The van der Waals surface area contributed by atoms with Crippen LogP contribution in [0.2, 0.25) is 0 Å². The Balaban J connectivity index is 1.59. The van der Waals surface area contributed by atoms with Crippen molar-refractivity contribution in [3.05, 3.63) is 35.9 Å². The average Bonchev–Trinajstić information content (AvgIpc) is 2.58. The highest BCUT2D eigenvalue weighted by molar-refractivity contribution is 5.27. The number of nitrogens with one attached hydrogen (secondary N) is 1. The number of hydrogen-bond acceptors (Lipinski definition) is 3. The Kier molecular flexibility index (Phi) is 6.11. The topological polar surface area (TPSA) is 30.5 Å². The Morgan fingerprint density at radius 2 is 1.73 bits per heavy atom. The van der Waals surface area contributed by atoms with Gasteiger partial charge in [0.2, 0.25) is 0 Å². The minimum atomic E-state index is -0.0428. The zero-order valence-electron chi connectivity index (χ0n) is 17.1. The maximum atomic E-state index is 6.03. The van der Waals surface area contributed by atoms with Crippen molar-refractivity contribution >= 4 is 0 Å². The van der Waals surface area contributed by atoms with Gasteiger partial charge >= 0.3 is 0 Å². The lowest BCUT2D eigenvalue weighted by Gasteiger charge is -2.45. The fourth-order valence-electron chi connectivity index (χ4n) is 5.04. The summed E-state index contributed by atoms with van der Waals surface area (Å²) in [6, 6.07) is 11.1. The molecule has 26 heavy (non-hydrogen) atoms. The van der Waals surface area contributed by atoms with E-state index >= 15 is 0 Å². The molecule has 1 aromatic rings. The lowest BCUT2D eigenvalue weighted by molar-refractivity contribution is -0.0845. The van der Waals surface area contributed by atoms with Gasteiger partial charge in [0.15, 0.2) is 0 Å². The maximum absolute atomic E-state index is 6.03. The van der Waals surface area contributed by atoms with Crippen LogP contribution < -0.4 is 5.32 Å². The van der Waals surface area contributed by atoms with Gasteiger partial charge in [0.25, 0.3) is 0 Å². The van der Waals surface area contributed by atoms with Gasteiger partial charge in [0, 0.05) is 18.6 Å². The highest BCUT2D eigenvalue weighted by Gasteiger charge is 2.41. The van der Waals surface area contributed by atoms with Crippen molar-refractivity contribution in [1.29, 1.82) is 0 Å². The summed E-state index contributed by atoms with van der Waals surface area (Å²) >= 11 is 0. The van der Waals surface area contributed by atoms with Crippen molar-refractivity contribution in [2.75, 3.05) is 26.3 Å². The molecule has 2 fully saturated rings. The van der Waals surface area contributed by atoms with E-state index in [0.717, 1.165) is 51.5 Å². The van der Waals surface area contributed by atoms with Gasteiger partial charge in [-0.25, -0.2) is 0 Å². The van der Waals surface area contributed by atoms with Crippen molar-refractivity contribution in [2.45, 2.75) is 76.4 Å². The predicted molar refractivity (Wildman–Crippen MR) is 108 cm³/mol.